The van der Waals surface area contributed by atoms with Crippen LogP contribution in [0.25, 0.3) is 0 Å². The topological polar surface area (TPSA) is 95.6 Å². The minimum atomic E-state index is -3.80. The normalized spacial score (nSPS) is 18.8. The zero-order valence-electron chi connectivity index (χ0n) is 17.3. The molecule has 164 valence electrons. The lowest BCUT2D eigenvalue weighted by Gasteiger charge is -2.18. The molecule has 2 aliphatic heterocycles. The predicted molar refractivity (Wildman–Crippen MR) is 122 cm³/mol. The lowest BCUT2D eigenvalue weighted by atomic mass is 10.1. The molecule has 2 amide bonds. The summed E-state index contributed by atoms with van der Waals surface area (Å²) in [4.78, 5) is 27.9. The number of carbonyl (C=O) groups excluding carboxylic acids is 2. The summed E-state index contributed by atoms with van der Waals surface area (Å²) in [6.45, 7) is 3.45. The molecule has 2 aliphatic rings. The largest absolute Gasteiger partial charge is 0.343 e. The maximum absolute atomic E-state index is 12.8. The molecule has 7 nitrogen and oxygen atoms in total. The molecule has 4 rings (SSSR count). The summed E-state index contributed by atoms with van der Waals surface area (Å²) in [5.74, 6) is -0.211. The molecule has 0 aromatic heterocycles. The van der Waals surface area contributed by atoms with Crippen LogP contribution in [0.5, 0.6) is 0 Å². The fraction of sp³-hybridized carbons (Fsp3) is 0.364. The van der Waals surface area contributed by atoms with Gasteiger partial charge in [0.15, 0.2) is 0 Å². The third kappa shape index (κ3) is 5.04. The van der Waals surface area contributed by atoms with Crippen LogP contribution >= 0.6 is 11.8 Å². The van der Waals surface area contributed by atoms with E-state index in [0.717, 1.165) is 36.4 Å². The molecule has 1 fully saturated rings. The zero-order valence-corrected chi connectivity index (χ0v) is 18.9. The number of thioether (sulfide) groups is 1. The van der Waals surface area contributed by atoms with Gasteiger partial charge in [-0.1, -0.05) is 17.7 Å². The van der Waals surface area contributed by atoms with Crippen molar-refractivity contribution in [3.63, 3.8) is 0 Å². The molecule has 1 unspecified atom stereocenters. The summed E-state index contributed by atoms with van der Waals surface area (Å²) in [5, 5.41) is 2.83. The molecule has 9 heteroatoms. The van der Waals surface area contributed by atoms with Crippen molar-refractivity contribution in [2.45, 2.75) is 36.0 Å². The van der Waals surface area contributed by atoms with Crippen molar-refractivity contribution in [1.29, 1.82) is 0 Å². The number of hydrogen-bond acceptors (Lipinski definition) is 5. The van der Waals surface area contributed by atoms with Crippen LogP contribution in [0.1, 0.15) is 24.8 Å². The van der Waals surface area contributed by atoms with Gasteiger partial charge in [-0.25, -0.2) is 8.42 Å². The van der Waals surface area contributed by atoms with Gasteiger partial charge in [-0.2, -0.15) is 0 Å². The van der Waals surface area contributed by atoms with Gasteiger partial charge < -0.3 is 10.2 Å². The highest BCUT2D eigenvalue weighted by atomic mass is 32.2. The van der Waals surface area contributed by atoms with Crippen LogP contribution in [0.2, 0.25) is 0 Å². The van der Waals surface area contributed by atoms with Crippen molar-refractivity contribution in [2.24, 2.45) is 5.92 Å². The Balaban J connectivity index is 1.49. The molecule has 2 heterocycles. The molecule has 0 saturated carbocycles. The molecule has 0 spiro atoms. The van der Waals surface area contributed by atoms with Crippen molar-refractivity contribution in [3.8, 4) is 0 Å². The average molecular weight is 460 g/mol. The number of rotatable bonds is 5. The van der Waals surface area contributed by atoms with Gasteiger partial charge in [0.1, 0.15) is 0 Å². The highest BCUT2D eigenvalue weighted by molar-refractivity contribution is 7.99. The maximum atomic E-state index is 12.8. The van der Waals surface area contributed by atoms with Crippen LogP contribution in [0.3, 0.4) is 0 Å². The van der Waals surface area contributed by atoms with E-state index in [-0.39, 0.29) is 23.1 Å². The van der Waals surface area contributed by atoms with Gasteiger partial charge in [0.2, 0.25) is 11.8 Å². The van der Waals surface area contributed by atoms with E-state index in [1.807, 2.05) is 24.0 Å². The number of fused-ring (bicyclic) bond motifs is 1. The number of likely N-dealkylation sites (tertiary alicyclic amines) is 1. The lowest BCUT2D eigenvalue weighted by Crippen LogP contribution is -2.33. The summed E-state index contributed by atoms with van der Waals surface area (Å²) in [6, 6.07) is 11.8. The third-order valence-corrected chi connectivity index (χ3v) is 8.13. The van der Waals surface area contributed by atoms with E-state index in [9.17, 15) is 18.0 Å². The Morgan fingerprint density at radius 1 is 1.16 bits per heavy atom. The highest BCUT2D eigenvalue weighted by Gasteiger charge is 2.30. The van der Waals surface area contributed by atoms with Crippen LogP contribution in [0.15, 0.2) is 52.3 Å². The van der Waals surface area contributed by atoms with E-state index in [0.29, 0.717) is 17.1 Å². The van der Waals surface area contributed by atoms with Gasteiger partial charge in [-0.15, -0.1) is 11.8 Å². The summed E-state index contributed by atoms with van der Waals surface area (Å²) in [7, 11) is -3.80. The van der Waals surface area contributed by atoms with E-state index in [1.165, 1.54) is 23.9 Å². The second-order valence-electron chi connectivity index (χ2n) is 7.92. The zero-order chi connectivity index (χ0) is 22.0. The van der Waals surface area contributed by atoms with Gasteiger partial charge in [-0.05, 0) is 50.1 Å². The molecule has 1 atom stereocenters. The fourth-order valence-corrected chi connectivity index (χ4v) is 5.86. The van der Waals surface area contributed by atoms with Crippen LogP contribution in [0.4, 0.5) is 11.4 Å². The maximum Gasteiger partial charge on any atom is 0.261 e. The third-order valence-electron chi connectivity index (χ3n) is 5.51. The number of aryl methyl sites for hydroxylation is 1. The highest BCUT2D eigenvalue weighted by Crippen LogP contribution is 2.35. The van der Waals surface area contributed by atoms with Crippen molar-refractivity contribution < 1.29 is 18.0 Å². The number of hydrogen-bond donors (Lipinski definition) is 2. The van der Waals surface area contributed by atoms with Gasteiger partial charge in [0, 0.05) is 35.8 Å². The van der Waals surface area contributed by atoms with E-state index >= 15 is 0 Å². The van der Waals surface area contributed by atoms with Gasteiger partial charge in [0.05, 0.1) is 16.5 Å². The number of benzene rings is 2. The monoisotopic (exact) mass is 459 g/mol. The van der Waals surface area contributed by atoms with E-state index in [4.69, 9.17) is 0 Å². The van der Waals surface area contributed by atoms with Crippen molar-refractivity contribution >= 4 is 45.0 Å². The lowest BCUT2D eigenvalue weighted by molar-refractivity contribution is -0.133. The van der Waals surface area contributed by atoms with Gasteiger partial charge in [0.25, 0.3) is 10.0 Å². The standard InChI is InChI=1S/C22H25N3O4S2/c1-15-4-6-17(7-5-15)24-31(28,29)18-8-9-20-19(13-18)23-22(27)16(14-30-20)12-21(26)25-10-2-3-11-25/h4-9,13,16,24H,2-3,10-12,14H2,1H3,(H,23,27). The SMILES string of the molecule is Cc1ccc(NS(=O)(=O)c2ccc3c(c2)NC(=O)C(CC(=O)N2CCCC2)CS3)cc1. The minimum absolute atomic E-state index is 0.00905. The van der Waals surface area contributed by atoms with E-state index < -0.39 is 15.9 Å². The minimum Gasteiger partial charge on any atom is -0.343 e. The molecular weight excluding hydrogens is 434 g/mol. The Bertz CT molecular complexity index is 1090. The Morgan fingerprint density at radius 3 is 2.58 bits per heavy atom. The Morgan fingerprint density at radius 2 is 1.87 bits per heavy atom. The predicted octanol–water partition coefficient (Wildman–Crippen LogP) is 3.47. The van der Waals surface area contributed by atoms with E-state index in [2.05, 4.69) is 10.0 Å². The first-order valence-electron chi connectivity index (χ1n) is 10.3. The molecule has 0 aliphatic carbocycles. The molecule has 2 aromatic carbocycles. The van der Waals surface area contributed by atoms with Crippen molar-refractivity contribution in [3.05, 3.63) is 48.0 Å². The molecule has 0 radical (unpaired) electrons. The first kappa shape index (κ1) is 21.7. The molecule has 2 aromatic rings. The summed E-state index contributed by atoms with van der Waals surface area (Å²) in [5.41, 5.74) is 1.96. The second-order valence-corrected chi connectivity index (χ2v) is 10.7. The number of anilines is 2. The first-order valence-corrected chi connectivity index (χ1v) is 12.7. The summed E-state index contributed by atoms with van der Waals surface area (Å²) < 4.78 is 28.2. The van der Waals surface area contributed by atoms with Crippen LogP contribution in [0, 0.1) is 12.8 Å². The molecule has 0 bridgehead atoms. The number of sulfonamides is 1. The van der Waals surface area contributed by atoms with Gasteiger partial charge in [-0.3, -0.25) is 14.3 Å². The molecule has 1 saturated heterocycles. The van der Waals surface area contributed by atoms with Crippen LogP contribution in [-0.2, 0) is 19.6 Å². The van der Waals surface area contributed by atoms with Crippen LogP contribution < -0.4 is 10.0 Å². The fourth-order valence-electron chi connectivity index (χ4n) is 3.69. The van der Waals surface area contributed by atoms with Gasteiger partial charge >= 0.3 is 0 Å². The Labute approximate surface area is 186 Å². The average Bonchev–Trinajstić information content (AvgIpc) is 3.23. The quantitative estimate of drug-likeness (QED) is 0.714. The number of amides is 2. The Kier molecular flexibility index (Phi) is 6.24. The van der Waals surface area contributed by atoms with Crippen molar-refractivity contribution in [2.75, 3.05) is 28.9 Å². The van der Waals surface area contributed by atoms with Crippen molar-refractivity contribution in [1.82, 2.24) is 4.90 Å². The number of nitrogens with zero attached hydrogens (tertiary/aromatic N) is 1. The first-order chi connectivity index (χ1) is 14.8. The number of carbonyl (C=O) groups is 2. The van der Waals surface area contributed by atoms with E-state index in [1.54, 1.807) is 18.2 Å². The Hall–Kier alpha value is -2.52. The molecule has 2 N–H and O–H groups in total. The molecular formula is C22H25N3O4S2. The summed E-state index contributed by atoms with van der Waals surface area (Å²) >= 11 is 1.46. The van der Waals surface area contributed by atoms with Crippen LogP contribution in [-0.4, -0.2) is 44.0 Å². The number of nitrogens with one attached hydrogen (secondary N) is 2. The molecule has 31 heavy (non-hydrogen) atoms. The smallest absolute Gasteiger partial charge is 0.261 e. The second kappa shape index (κ2) is 8.92. The summed E-state index contributed by atoms with van der Waals surface area (Å²) in [6.07, 6.45) is 2.19.